The zero-order chi connectivity index (χ0) is 17.9. The van der Waals surface area contributed by atoms with E-state index in [-0.39, 0.29) is 5.97 Å². The van der Waals surface area contributed by atoms with Crippen LogP contribution in [0.2, 0.25) is 0 Å². The van der Waals surface area contributed by atoms with Crippen LogP contribution in [0.3, 0.4) is 0 Å². The van der Waals surface area contributed by atoms with Crippen molar-refractivity contribution in [3.8, 4) is 5.75 Å². The minimum Gasteiger partial charge on any atom is -0.423 e. The summed E-state index contributed by atoms with van der Waals surface area (Å²) in [5, 5.41) is 8.34. The topological polar surface area (TPSA) is 57.0 Å². The zero-order valence-electron chi connectivity index (χ0n) is 14.3. The SMILES string of the molecule is Cc1cccc(OC(=O)c2ccc(Cn3nnc4ccccc43)cc2)c1. The van der Waals surface area contributed by atoms with Crippen LogP contribution < -0.4 is 4.74 Å². The fourth-order valence-electron chi connectivity index (χ4n) is 2.80. The number of esters is 1. The third kappa shape index (κ3) is 3.32. The van der Waals surface area contributed by atoms with E-state index in [2.05, 4.69) is 10.3 Å². The molecule has 0 aliphatic carbocycles. The van der Waals surface area contributed by atoms with E-state index in [1.807, 2.05) is 66.2 Å². The third-order valence-electron chi connectivity index (χ3n) is 4.14. The van der Waals surface area contributed by atoms with Gasteiger partial charge in [-0.25, -0.2) is 9.48 Å². The normalized spacial score (nSPS) is 10.8. The van der Waals surface area contributed by atoms with E-state index in [9.17, 15) is 4.79 Å². The van der Waals surface area contributed by atoms with Crippen LogP contribution in [0.1, 0.15) is 21.5 Å². The average molecular weight is 343 g/mol. The second-order valence-corrected chi connectivity index (χ2v) is 6.14. The zero-order valence-corrected chi connectivity index (χ0v) is 14.3. The predicted molar refractivity (Wildman–Crippen MR) is 99.2 cm³/mol. The molecule has 3 aromatic carbocycles. The first-order valence-electron chi connectivity index (χ1n) is 8.35. The lowest BCUT2D eigenvalue weighted by molar-refractivity contribution is 0.0734. The molecular formula is C21H17N3O2. The second kappa shape index (κ2) is 6.80. The van der Waals surface area contributed by atoms with Crippen LogP contribution in [0, 0.1) is 6.92 Å². The number of aryl methyl sites for hydroxylation is 1. The number of aromatic nitrogens is 3. The number of rotatable bonds is 4. The van der Waals surface area contributed by atoms with E-state index in [1.54, 1.807) is 18.2 Å². The van der Waals surface area contributed by atoms with Gasteiger partial charge in [0, 0.05) is 0 Å². The summed E-state index contributed by atoms with van der Waals surface area (Å²) in [6, 6.07) is 22.6. The summed E-state index contributed by atoms with van der Waals surface area (Å²) < 4.78 is 7.26. The molecule has 0 saturated carbocycles. The number of fused-ring (bicyclic) bond motifs is 1. The van der Waals surface area contributed by atoms with Crippen LogP contribution in [0.15, 0.2) is 72.8 Å². The maximum atomic E-state index is 12.3. The molecule has 0 saturated heterocycles. The second-order valence-electron chi connectivity index (χ2n) is 6.14. The van der Waals surface area contributed by atoms with Crippen LogP contribution in [0.5, 0.6) is 5.75 Å². The minimum absolute atomic E-state index is 0.367. The van der Waals surface area contributed by atoms with Gasteiger partial charge in [-0.2, -0.15) is 0 Å². The summed E-state index contributed by atoms with van der Waals surface area (Å²) in [5.41, 5.74) is 4.44. The van der Waals surface area contributed by atoms with Crippen LogP contribution in [0.25, 0.3) is 11.0 Å². The molecule has 4 rings (SSSR count). The van der Waals surface area contributed by atoms with Crippen molar-refractivity contribution in [2.45, 2.75) is 13.5 Å². The van der Waals surface area contributed by atoms with Crippen molar-refractivity contribution in [3.05, 3.63) is 89.5 Å². The van der Waals surface area contributed by atoms with Crippen molar-refractivity contribution in [2.24, 2.45) is 0 Å². The molecule has 26 heavy (non-hydrogen) atoms. The number of para-hydroxylation sites is 1. The molecule has 0 atom stereocenters. The van der Waals surface area contributed by atoms with Gasteiger partial charge >= 0.3 is 5.97 Å². The molecule has 0 unspecified atom stereocenters. The van der Waals surface area contributed by atoms with Gasteiger partial charge in [0.1, 0.15) is 11.3 Å². The highest BCUT2D eigenvalue weighted by atomic mass is 16.5. The molecule has 0 fully saturated rings. The van der Waals surface area contributed by atoms with Gasteiger partial charge in [-0.1, -0.05) is 41.6 Å². The monoisotopic (exact) mass is 343 g/mol. The van der Waals surface area contributed by atoms with Gasteiger partial charge < -0.3 is 4.74 Å². The van der Waals surface area contributed by atoms with Crippen LogP contribution in [-0.2, 0) is 6.54 Å². The Balaban J connectivity index is 1.49. The molecule has 0 bridgehead atoms. The minimum atomic E-state index is -0.367. The molecule has 5 heteroatoms. The fraction of sp³-hybridized carbons (Fsp3) is 0.0952. The molecule has 0 N–H and O–H groups in total. The van der Waals surface area contributed by atoms with Crippen molar-refractivity contribution < 1.29 is 9.53 Å². The van der Waals surface area contributed by atoms with E-state index in [4.69, 9.17) is 4.74 Å². The van der Waals surface area contributed by atoms with Gasteiger partial charge in [0.15, 0.2) is 0 Å². The first-order valence-corrected chi connectivity index (χ1v) is 8.35. The van der Waals surface area contributed by atoms with Gasteiger partial charge in [-0.05, 0) is 54.4 Å². The van der Waals surface area contributed by atoms with Gasteiger partial charge in [-0.15, -0.1) is 5.10 Å². The van der Waals surface area contributed by atoms with E-state index in [0.717, 1.165) is 22.2 Å². The van der Waals surface area contributed by atoms with Crippen molar-refractivity contribution in [1.82, 2.24) is 15.0 Å². The molecule has 1 heterocycles. The Morgan fingerprint density at radius 1 is 1.00 bits per heavy atom. The Morgan fingerprint density at radius 3 is 2.62 bits per heavy atom. The summed E-state index contributed by atoms with van der Waals surface area (Å²) in [6.45, 7) is 2.55. The Kier molecular flexibility index (Phi) is 4.19. The molecule has 4 aromatic rings. The number of ether oxygens (including phenoxy) is 1. The van der Waals surface area contributed by atoms with Gasteiger partial charge in [-0.3, -0.25) is 0 Å². The quantitative estimate of drug-likeness (QED) is 0.415. The highest BCUT2D eigenvalue weighted by Crippen LogP contribution is 2.16. The van der Waals surface area contributed by atoms with E-state index >= 15 is 0 Å². The van der Waals surface area contributed by atoms with Crippen LogP contribution >= 0.6 is 0 Å². The number of carbonyl (C=O) groups is 1. The van der Waals surface area contributed by atoms with E-state index < -0.39 is 0 Å². The summed E-state index contributed by atoms with van der Waals surface area (Å²) >= 11 is 0. The standard InChI is InChI=1S/C21H17N3O2/c1-15-5-4-6-18(13-15)26-21(25)17-11-9-16(10-12-17)14-24-20-8-3-2-7-19(20)22-23-24/h2-13H,14H2,1H3. The molecular weight excluding hydrogens is 326 g/mol. The molecule has 5 nitrogen and oxygen atoms in total. The first kappa shape index (κ1) is 16.0. The number of hydrogen-bond donors (Lipinski definition) is 0. The maximum absolute atomic E-state index is 12.3. The van der Waals surface area contributed by atoms with Crippen molar-refractivity contribution >= 4 is 17.0 Å². The number of nitrogens with zero attached hydrogens (tertiary/aromatic N) is 3. The van der Waals surface area contributed by atoms with Crippen LogP contribution in [0.4, 0.5) is 0 Å². The first-order chi connectivity index (χ1) is 12.7. The molecule has 0 amide bonds. The van der Waals surface area contributed by atoms with Crippen LogP contribution in [-0.4, -0.2) is 21.0 Å². The molecule has 0 spiro atoms. The maximum Gasteiger partial charge on any atom is 0.343 e. The summed E-state index contributed by atoms with van der Waals surface area (Å²) in [6.07, 6.45) is 0. The van der Waals surface area contributed by atoms with Gasteiger partial charge in [0.25, 0.3) is 0 Å². The highest BCUT2D eigenvalue weighted by molar-refractivity contribution is 5.91. The summed E-state index contributed by atoms with van der Waals surface area (Å²) in [5.74, 6) is 0.182. The largest absolute Gasteiger partial charge is 0.423 e. The van der Waals surface area contributed by atoms with E-state index in [0.29, 0.717) is 17.9 Å². The molecule has 0 aliphatic rings. The fourth-order valence-corrected chi connectivity index (χ4v) is 2.80. The Bertz CT molecular complexity index is 1070. The number of benzene rings is 3. The highest BCUT2D eigenvalue weighted by Gasteiger charge is 2.10. The Morgan fingerprint density at radius 2 is 1.81 bits per heavy atom. The molecule has 0 radical (unpaired) electrons. The lowest BCUT2D eigenvalue weighted by Gasteiger charge is -2.07. The van der Waals surface area contributed by atoms with Crippen molar-refractivity contribution in [1.29, 1.82) is 0 Å². The summed E-state index contributed by atoms with van der Waals surface area (Å²) in [7, 11) is 0. The molecule has 0 aliphatic heterocycles. The molecule has 1 aromatic heterocycles. The van der Waals surface area contributed by atoms with Crippen molar-refractivity contribution in [3.63, 3.8) is 0 Å². The van der Waals surface area contributed by atoms with Gasteiger partial charge in [0.05, 0.1) is 17.6 Å². The van der Waals surface area contributed by atoms with Crippen molar-refractivity contribution in [2.75, 3.05) is 0 Å². The third-order valence-corrected chi connectivity index (χ3v) is 4.14. The number of hydrogen-bond acceptors (Lipinski definition) is 4. The summed E-state index contributed by atoms with van der Waals surface area (Å²) in [4.78, 5) is 12.3. The number of carbonyl (C=O) groups excluding carboxylic acids is 1. The molecule has 128 valence electrons. The lowest BCUT2D eigenvalue weighted by atomic mass is 10.1. The van der Waals surface area contributed by atoms with E-state index in [1.165, 1.54) is 0 Å². The van der Waals surface area contributed by atoms with Gasteiger partial charge in [0.2, 0.25) is 0 Å². The Labute approximate surface area is 150 Å². The lowest BCUT2D eigenvalue weighted by Crippen LogP contribution is -2.09. The average Bonchev–Trinajstić information content (AvgIpc) is 3.05. The Hall–Kier alpha value is -3.47. The predicted octanol–water partition coefficient (Wildman–Crippen LogP) is 4.01. The smallest absolute Gasteiger partial charge is 0.343 e.